The van der Waals surface area contributed by atoms with E-state index in [0.29, 0.717) is 41.0 Å². The summed E-state index contributed by atoms with van der Waals surface area (Å²) in [7, 11) is 3.41. The average molecular weight is 838 g/mol. The largest absolute Gasteiger partial charge is 0.508 e. The summed E-state index contributed by atoms with van der Waals surface area (Å²) in [5.74, 6) is -1.41. The van der Waals surface area contributed by atoms with Gasteiger partial charge in [-0.25, -0.2) is 9.59 Å². The Morgan fingerprint density at radius 1 is 0.934 bits per heavy atom. The number of nitrogens with zero attached hydrogens (tertiary/aromatic N) is 1. The molecule has 16 heteroatoms. The van der Waals surface area contributed by atoms with Crippen molar-refractivity contribution in [3.63, 3.8) is 0 Å². The van der Waals surface area contributed by atoms with Crippen LogP contribution in [0, 0.1) is 17.3 Å². The van der Waals surface area contributed by atoms with Gasteiger partial charge >= 0.3 is 17.9 Å². The number of aromatic hydroxyl groups is 2. The fourth-order valence-corrected chi connectivity index (χ4v) is 10.5. The summed E-state index contributed by atoms with van der Waals surface area (Å²) < 4.78 is 17.8. The van der Waals surface area contributed by atoms with Crippen LogP contribution in [0.3, 0.4) is 0 Å². The highest BCUT2D eigenvalue weighted by molar-refractivity contribution is 6.07. The molecule has 2 unspecified atom stereocenters. The molecule has 16 nitrogen and oxygen atoms in total. The Balaban J connectivity index is 0.000000170. The first-order chi connectivity index (χ1) is 29.1. The van der Waals surface area contributed by atoms with E-state index in [1.807, 2.05) is 18.2 Å². The predicted molar refractivity (Wildman–Crippen MR) is 217 cm³/mol. The van der Waals surface area contributed by atoms with Crippen molar-refractivity contribution in [3.05, 3.63) is 112 Å². The summed E-state index contributed by atoms with van der Waals surface area (Å²) in [6.45, 7) is 2.07. The molecular formula is C45H47N3O13. The van der Waals surface area contributed by atoms with Gasteiger partial charge in [0.2, 0.25) is 0 Å². The molecule has 0 aromatic heterocycles. The molecule has 61 heavy (non-hydrogen) atoms. The molecule has 2 heterocycles. The Hall–Kier alpha value is -6.20. The van der Waals surface area contributed by atoms with Gasteiger partial charge in [0.25, 0.3) is 0 Å². The van der Waals surface area contributed by atoms with Crippen LogP contribution in [0.4, 0.5) is 0 Å². The number of carboxylic acids is 2. The van der Waals surface area contributed by atoms with Crippen molar-refractivity contribution in [2.45, 2.75) is 75.0 Å². The number of nitrogens with one attached hydrogen (secondary N) is 2. The number of likely N-dealkylation sites (N-methyl/N-ethyl adjacent to an activating group) is 2. The monoisotopic (exact) mass is 837 g/mol. The van der Waals surface area contributed by atoms with E-state index in [0.717, 1.165) is 24.0 Å². The number of aliphatic carboxylic acids is 1. The van der Waals surface area contributed by atoms with Crippen LogP contribution in [0.15, 0.2) is 78.0 Å². The summed E-state index contributed by atoms with van der Waals surface area (Å²) in [6, 6.07) is 18.6. The van der Waals surface area contributed by atoms with Gasteiger partial charge in [-0.1, -0.05) is 30.3 Å². The van der Waals surface area contributed by atoms with Crippen LogP contribution in [0.5, 0.6) is 28.7 Å². The lowest BCUT2D eigenvalue weighted by Crippen LogP contribution is -2.50. The fourth-order valence-electron chi connectivity index (χ4n) is 10.5. The van der Waals surface area contributed by atoms with Crippen LogP contribution in [0.25, 0.3) is 0 Å². The van der Waals surface area contributed by atoms with Crippen molar-refractivity contribution >= 4 is 23.6 Å². The van der Waals surface area contributed by atoms with Crippen LogP contribution in [-0.4, -0.2) is 98.0 Å². The van der Waals surface area contributed by atoms with Crippen LogP contribution in [0.2, 0.25) is 0 Å². The normalized spacial score (nSPS) is 26.4. The minimum atomic E-state index is -1.46. The summed E-state index contributed by atoms with van der Waals surface area (Å²) in [4.78, 5) is 35.6. The Kier molecular flexibility index (Phi) is 10.7. The highest BCUT2D eigenvalue weighted by Crippen LogP contribution is 2.61. The number of esters is 1. The van der Waals surface area contributed by atoms with Gasteiger partial charge in [-0.2, -0.15) is 0 Å². The first kappa shape index (κ1) is 41.5. The standard InChI is InChI=1S/C24H35N3O6.C21H12O7/c1-24-7-6-14-13-5-4-12(33-23(26-3)19(25-2)11-21(29)30)8-16(13)18(27-32)9-15(14)17(24)10-20(28)22(24)31;22-10-4-6-13-16(8-10)27-17-9-11(23)5-7-14(17)21(13)15-3-1-2-12(19(24)25)18(15)20(26)28-21/h4-5,8,14-15,17,19-20,22-23,25-26,28,31-32H,6-7,9-11H2,1-3H3,(H,29,30);1-9,22-23H,(H,24,25)/t14-,15-,17+,19?,20-,22+,23?,24+;/m1./s1. The third-order valence-corrected chi connectivity index (χ3v) is 13.4. The first-order valence-corrected chi connectivity index (χ1v) is 20.0. The summed E-state index contributed by atoms with van der Waals surface area (Å²) >= 11 is 0. The zero-order valence-corrected chi connectivity index (χ0v) is 33.5. The van der Waals surface area contributed by atoms with E-state index in [1.165, 1.54) is 30.3 Å². The van der Waals surface area contributed by atoms with Crippen LogP contribution < -0.4 is 20.1 Å². The maximum absolute atomic E-state index is 12.8. The minimum Gasteiger partial charge on any atom is -0.508 e. The number of aliphatic hydroxyl groups excluding tert-OH is 2. The molecule has 0 saturated heterocycles. The van der Waals surface area contributed by atoms with Crippen LogP contribution >= 0.6 is 0 Å². The number of ether oxygens (including phenoxy) is 3. The fraction of sp³-hybridized carbons (Fsp3) is 0.378. The lowest BCUT2D eigenvalue weighted by atomic mass is 9.55. The second kappa shape index (κ2) is 15.7. The zero-order valence-electron chi connectivity index (χ0n) is 33.5. The SMILES string of the molecule is CNC(CC(=O)O)C(NC)Oc1ccc2c(c1)C(=NO)C[C@@H]1[C@@H]2CC[C@]2(C)[C@@H](O)[C@H](O)C[C@@H]12.O=C(O)c1cccc2c1C(=O)OC21c2ccc(O)cc2Oc2cc(O)ccc21. The molecule has 8 atom stereocenters. The Bertz CT molecular complexity index is 2400. The Morgan fingerprint density at radius 2 is 1.62 bits per heavy atom. The second-order valence-corrected chi connectivity index (χ2v) is 16.6. The number of hydrogen-bond donors (Lipinski definition) is 9. The van der Waals surface area contributed by atoms with E-state index in [-0.39, 0.29) is 63.7 Å². The molecule has 9 rings (SSSR count). The number of carbonyl (C=O) groups is 3. The summed E-state index contributed by atoms with van der Waals surface area (Å²) in [6.07, 6.45) is 0.769. The lowest BCUT2D eigenvalue weighted by molar-refractivity contribution is -0.138. The number of phenolic OH excluding ortho intramolecular Hbond substituents is 2. The van der Waals surface area contributed by atoms with Crippen molar-refractivity contribution in [1.82, 2.24) is 10.6 Å². The number of benzene rings is 4. The molecule has 4 aromatic carbocycles. The van der Waals surface area contributed by atoms with Crippen LogP contribution in [-0.2, 0) is 15.1 Å². The minimum absolute atomic E-state index is 0.0325. The smallest absolute Gasteiger partial charge is 0.341 e. The number of phenols is 2. The van der Waals surface area contributed by atoms with Gasteiger partial charge in [-0.3, -0.25) is 10.1 Å². The van der Waals surface area contributed by atoms with Gasteiger partial charge in [0.15, 0.2) is 11.8 Å². The van der Waals surface area contributed by atoms with Crippen LogP contribution in [0.1, 0.15) is 93.5 Å². The number of aromatic carboxylic acids is 1. The van der Waals surface area contributed by atoms with Gasteiger partial charge in [0, 0.05) is 34.4 Å². The molecule has 5 aliphatic rings. The van der Waals surface area contributed by atoms with Crippen molar-refractivity contribution in [1.29, 1.82) is 0 Å². The number of aliphatic hydroxyl groups is 2. The van der Waals surface area contributed by atoms with Gasteiger partial charge in [0.1, 0.15) is 28.7 Å². The van der Waals surface area contributed by atoms with E-state index < -0.39 is 48.0 Å². The Morgan fingerprint density at radius 3 is 2.23 bits per heavy atom. The first-order valence-electron chi connectivity index (χ1n) is 20.0. The van der Waals surface area contributed by atoms with Gasteiger partial charge in [-0.15, -0.1) is 0 Å². The number of fused-ring (bicyclic) bond motifs is 11. The lowest BCUT2D eigenvalue weighted by Gasteiger charge is -2.49. The third kappa shape index (κ3) is 6.79. The van der Waals surface area contributed by atoms with E-state index in [4.69, 9.17) is 14.2 Å². The molecule has 320 valence electrons. The molecule has 0 bridgehead atoms. The molecule has 2 fully saturated rings. The molecule has 3 aliphatic carbocycles. The quantitative estimate of drug-likeness (QED) is 0.0497. The van der Waals surface area contributed by atoms with Gasteiger partial charge in [-0.05, 0) is 111 Å². The highest BCUT2D eigenvalue weighted by Gasteiger charge is 2.59. The average Bonchev–Trinajstić information content (AvgIpc) is 3.66. The van der Waals surface area contributed by atoms with E-state index >= 15 is 0 Å². The van der Waals surface area contributed by atoms with Gasteiger partial charge < -0.3 is 55.4 Å². The van der Waals surface area contributed by atoms with E-state index in [9.17, 15) is 50.2 Å². The molecule has 2 aliphatic heterocycles. The van der Waals surface area contributed by atoms with E-state index in [2.05, 4.69) is 22.7 Å². The van der Waals surface area contributed by atoms with Crippen molar-refractivity contribution in [3.8, 4) is 28.7 Å². The molecule has 2 saturated carbocycles. The molecular weight excluding hydrogens is 791 g/mol. The molecule has 9 N–H and O–H groups in total. The third-order valence-electron chi connectivity index (χ3n) is 13.4. The second-order valence-electron chi connectivity index (χ2n) is 16.6. The number of rotatable bonds is 8. The maximum Gasteiger partial charge on any atom is 0.341 e. The van der Waals surface area contributed by atoms with Crippen molar-refractivity contribution in [2.24, 2.45) is 22.4 Å². The number of carbonyl (C=O) groups excluding carboxylic acids is 1. The van der Waals surface area contributed by atoms with E-state index in [1.54, 1.807) is 38.4 Å². The number of carboxylic acid groups (broad SMARTS) is 2. The number of hydrogen-bond acceptors (Lipinski definition) is 14. The summed E-state index contributed by atoms with van der Waals surface area (Å²) in [5.41, 5.74) is 1.79. The summed E-state index contributed by atoms with van der Waals surface area (Å²) in [5, 5.41) is 78.9. The van der Waals surface area contributed by atoms with Crippen molar-refractivity contribution < 1.29 is 64.4 Å². The van der Waals surface area contributed by atoms with Crippen molar-refractivity contribution in [2.75, 3.05) is 14.1 Å². The topological polar surface area (TPSA) is 257 Å². The highest BCUT2D eigenvalue weighted by atomic mass is 16.6. The Labute approximate surface area is 350 Å². The van der Waals surface area contributed by atoms with Gasteiger partial charge in [0.05, 0.1) is 41.5 Å². The molecule has 1 spiro atoms. The zero-order chi connectivity index (χ0) is 43.5. The maximum atomic E-state index is 12.8. The predicted octanol–water partition coefficient (Wildman–Crippen LogP) is 4.86. The molecule has 0 radical (unpaired) electrons. The molecule has 0 amide bonds. The number of oxime groups is 1. The molecule has 4 aromatic rings.